The van der Waals surface area contributed by atoms with Crippen LogP contribution in [0.5, 0.6) is 0 Å². The molecular weight excluding hydrogens is 1110 g/mol. The van der Waals surface area contributed by atoms with E-state index in [-0.39, 0.29) is 33.3 Å². The Morgan fingerprint density at radius 2 is 1.05 bits per heavy atom. The molecule has 4 saturated heterocycles. The third-order valence-corrected chi connectivity index (χ3v) is 21.9. The molecular formula is C54H59ClN10O10S4. The van der Waals surface area contributed by atoms with E-state index in [2.05, 4.69) is 31.7 Å². The van der Waals surface area contributed by atoms with Crippen molar-refractivity contribution in [3.63, 3.8) is 0 Å². The molecule has 0 aliphatic carbocycles. The number of fused-ring (bicyclic) bond motifs is 2. The van der Waals surface area contributed by atoms with Crippen LogP contribution in [0.2, 0.25) is 5.15 Å². The summed E-state index contributed by atoms with van der Waals surface area (Å²) in [5.74, 6) is 3.07. The van der Waals surface area contributed by atoms with Crippen molar-refractivity contribution in [1.29, 1.82) is 0 Å². The number of nitrogens with zero attached hydrogens (tertiary/aromatic N) is 10. The summed E-state index contributed by atoms with van der Waals surface area (Å²) in [6, 6.07) is 24.0. The molecule has 4 fully saturated rings. The third kappa shape index (κ3) is 11.8. The van der Waals surface area contributed by atoms with Gasteiger partial charge in [0.15, 0.2) is 32.8 Å². The molecule has 1 unspecified atom stereocenters. The lowest BCUT2D eigenvalue weighted by Gasteiger charge is -2.34. The molecule has 6 aromatic heterocycles. The number of rotatable bonds is 9. The van der Waals surface area contributed by atoms with Gasteiger partial charge in [-0.1, -0.05) is 47.0 Å². The maximum Gasteiger partial charge on any atom is 0.269 e. The molecule has 12 rings (SSSR count). The number of anilines is 2. The predicted octanol–water partition coefficient (Wildman–Crippen LogP) is 7.63. The van der Waals surface area contributed by atoms with Crippen LogP contribution in [-0.4, -0.2) is 140 Å². The van der Waals surface area contributed by atoms with E-state index >= 15 is 0 Å². The lowest BCUT2D eigenvalue weighted by molar-refractivity contribution is 0.0985. The summed E-state index contributed by atoms with van der Waals surface area (Å²) in [6.07, 6.45) is 8.92. The van der Waals surface area contributed by atoms with Crippen molar-refractivity contribution in [2.24, 2.45) is 0 Å². The van der Waals surface area contributed by atoms with Gasteiger partial charge in [-0.05, 0) is 102 Å². The number of hydrogen-bond acceptors (Lipinski definition) is 18. The van der Waals surface area contributed by atoms with Crippen molar-refractivity contribution in [2.45, 2.75) is 80.5 Å². The van der Waals surface area contributed by atoms with Crippen molar-refractivity contribution in [3.8, 4) is 22.8 Å². The van der Waals surface area contributed by atoms with E-state index in [0.717, 1.165) is 27.9 Å². The Labute approximate surface area is 464 Å². The molecule has 2 aromatic carbocycles. The Balaban J connectivity index is 0.000000160. The monoisotopic (exact) mass is 1170 g/mol. The number of pyridine rings is 2. The van der Waals surface area contributed by atoms with Gasteiger partial charge in [-0.15, -0.1) is 0 Å². The van der Waals surface area contributed by atoms with Crippen molar-refractivity contribution < 1.29 is 43.1 Å². The van der Waals surface area contributed by atoms with E-state index < -0.39 is 45.0 Å². The van der Waals surface area contributed by atoms with E-state index in [4.69, 9.17) is 36.0 Å². The molecule has 8 aromatic rings. The van der Waals surface area contributed by atoms with Crippen LogP contribution in [0.4, 0.5) is 11.6 Å². The summed E-state index contributed by atoms with van der Waals surface area (Å²) in [5, 5.41) is 0.792. The van der Waals surface area contributed by atoms with E-state index in [1.807, 2.05) is 20.8 Å². The summed E-state index contributed by atoms with van der Waals surface area (Å²) < 4.78 is 114. The van der Waals surface area contributed by atoms with Crippen LogP contribution in [0, 0.1) is 13.8 Å². The van der Waals surface area contributed by atoms with E-state index in [1.165, 1.54) is 22.6 Å². The largest absolute Gasteiger partial charge is 0.377 e. The lowest BCUT2D eigenvalue weighted by atomic mass is 10.1. The zero-order chi connectivity index (χ0) is 55.9. The first-order valence-corrected chi connectivity index (χ1v) is 32.6. The van der Waals surface area contributed by atoms with Gasteiger partial charge in [0.25, 0.3) is 20.0 Å². The molecule has 0 N–H and O–H groups in total. The molecule has 25 heteroatoms. The van der Waals surface area contributed by atoms with Crippen LogP contribution in [0.15, 0.2) is 120 Å². The van der Waals surface area contributed by atoms with Crippen LogP contribution >= 0.6 is 11.6 Å². The molecule has 416 valence electrons. The molecule has 79 heavy (non-hydrogen) atoms. The van der Waals surface area contributed by atoms with Crippen LogP contribution in [0.1, 0.15) is 61.6 Å². The van der Waals surface area contributed by atoms with E-state index in [0.29, 0.717) is 126 Å². The first-order chi connectivity index (χ1) is 37.7. The topological polar surface area (TPSA) is 249 Å². The first-order valence-electron chi connectivity index (χ1n) is 25.8. The average molecular weight is 1170 g/mol. The Bertz CT molecular complexity index is 4020. The third-order valence-electron chi connectivity index (χ3n) is 14.3. The van der Waals surface area contributed by atoms with E-state index in [1.54, 1.807) is 91.1 Å². The molecule has 3 atom stereocenters. The quantitative estimate of drug-likeness (QED) is 0.126. The Hall–Kier alpha value is -6.41. The number of hydrogen-bond donors (Lipinski definition) is 0. The van der Waals surface area contributed by atoms with Crippen LogP contribution in [-0.2, 0) is 49.2 Å². The number of ether oxygens (including phenoxy) is 2. The molecule has 10 heterocycles. The molecule has 4 aliphatic heterocycles. The van der Waals surface area contributed by atoms with Crippen molar-refractivity contribution in [1.82, 2.24) is 37.8 Å². The Morgan fingerprint density at radius 3 is 1.48 bits per heavy atom. The summed E-state index contributed by atoms with van der Waals surface area (Å²) in [5.41, 5.74) is 4.19. The van der Waals surface area contributed by atoms with Crippen LogP contribution in [0.25, 0.3) is 44.8 Å². The highest BCUT2D eigenvalue weighted by Crippen LogP contribution is 2.38. The molecule has 0 spiro atoms. The van der Waals surface area contributed by atoms with Crippen molar-refractivity contribution in [2.75, 3.05) is 66.6 Å². The summed E-state index contributed by atoms with van der Waals surface area (Å²) in [6.45, 7) is 11.5. The van der Waals surface area contributed by atoms with Gasteiger partial charge in [0.1, 0.15) is 31.9 Å². The SMILES string of the molecule is Cc1ccc(S(=O)(=O)n2ccc3c(-c4nc(C5CCCS5(=O)=O)cc(N5CCOC[C@H]5C)n4)ccnc32)cc1.Cc1ccc(S(=O)(=O)n2ccc3c(-c4nc(Cl)cc(N5CCOC[C@H]5C)n4)ccnc32)cc1.O=S1(=O)CCCC1. The first kappa shape index (κ1) is 55.9. The van der Waals surface area contributed by atoms with Crippen LogP contribution < -0.4 is 9.80 Å². The Morgan fingerprint density at radius 1 is 0.582 bits per heavy atom. The standard InChI is InChI=1S/C27H29N5O5S2.C23H22ClN5O3S.C4H8O2S/c1-18-5-7-20(8-6-18)39(35,36)32-12-10-22-21(9-11-28-27(22)32)26-29-23(24-4-3-15-38(24,33)34)16-25(30-26)31-13-14-37-17-19(31)2;1-15-3-5-17(6-4-15)33(30,31)29-10-8-19-18(7-9-25-23(19)29)22-26-20(24)13-21(27-22)28-11-12-32-14-16(28)2;5-7(6)3-1-2-4-7/h5-12,16,19,24H,3-4,13-15,17H2,1-2H3;3-10,13,16H,11-12,14H2,1-2H3;1-4H2/t19-,24?;16-;/m11./s1. The molecule has 0 bridgehead atoms. The van der Waals surface area contributed by atoms with Gasteiger partial charge in [-0.25, -0.2) is 71.5 Å². The highest BCUT2D eigenvalue weighted by atomic mass is 35.5. The van der Waals surface area contributed by atoms with Gasteiger partial charge in [-0.2, -0.15) is 0 Å². The normalized spacial score (nSPS) is 20.1. The molecule has 20 nitrogen and oxygen atoms in total. The highest BCUT2D eigenvalue weighted by molar-refractivity contribution is 7.92. The van der Waals surface area contributed by atoms with Gasteiger partial charge >= 0.3 is 0 Å². The zero-order valence-electron chi connectivity index (χ0n) is 43.9. The van der Waals surface area contributed by atoms with E-state index in [9.17, 15) is 33.7 Å². The minimum absolute atomic E-state index is 0.0488. The number of sulfone groups is 2. The second kappa shape index (κ2) is 22.6. The summed E-state index contributed by atoms with van der Waals surface area (Å²) in [4.78, 5) is 32.1. The lowest BCUT2D eigenvalue weighted by Crippen LogP contribution is -2.44. The highest BCUT2D eigenvalue weighted by Gasteiger charge is 2.36. The fourth-order valence-corrected chi connectivity index (χ4v) is 16.2. The second-order valence-electron chi connectivity index (χ2n) is 20.0. The average Bonchev–Trinajstić information content (AvgIpc) is 4.44. The maximum atomic E-state index is 13.5. The summed E-state index contributed by atoms with van der Waals surface area (Å²) in [7, 11) is -13.6. The molecule has 0 saturated carbocycles. The molecule has 0 amide bonds. The second-order valence-corrected chi connectivity index (χ2v) is 28.6. The van der Waals surface area contributed by atoms with Gasteiger partial charge in [0, 0.05) is 71.9 Å². The van der Waals surface area contributed by atoms with Gasteiger partial charge < -0.3 is 19.3 Å². The van der Waals surface area contributed by atoms with Crippen molar-refractivity contribution in [3.05, 3.63) is 132 Å². The van der Waals surface area contributed by atoms with Gasteiger partial charge in [0.05, 0.1) is 71.3 Å². The fraction of sp³-hybridized carbons (Fsp3) is 0.370. The fourth-order valence-electron chi connectivity index (χ4n) is 10.0. The maximum absolute atomic E-state index is 13.5. The molecule has 4 aliphatic rings. The number of aryl methyl sites for hydroxylation is 2. The Kier molecular flexibility index (Phi) is 16.0. The minimum atomic E-state index is -3.90. The van der Waals surface area contributed by atoms with Crippen molar-refractivity contribution >= 4 is 85.0 Å². The molecule has 0 radical (unpaired) electrons. The zero-order valence-corrected chi connectivity index (χ0v) is 47.9. The number of benzene rings is 2. The smallest absolute Gasteiger partial charge is 0.269 e. The predicted molar refractivity (Wildman–Crippen MR) is 303 cm³/mol. The van der Waals surface area contributed by atoms with Crippen LogP contribution in [0.3, 0.4) is 0 Å². The summed E-state index contributed by atoms with van der Waals surface area (Å²) >= 11 is 6.36. The minimum Gasteiger partial charge on any atom is -0.377 e. The number of halogens is 1. The number of aromatic nitrogens is 8. The van der Waals surface area contributed by atoms with Gasteiger partial charge in [-0.3, -0.25) is 0 Å². The van der Waals surface area contributed by atoms with Gasteiger partial charge in [0.2, 0.25) is 0 Å². The number of morpholine rings is 2.